The summed E-state index contributed by atoms with van der Waals surface area (Å²) in [6, 6.07) is 0. The minimum Gasteiger partial charge on any atom is -0.375 e. The van der Waals surface area contributed by atoms with E-state index in [-0.39, 0.29) is 11.7 Å². The summed E-state index contributed by atoms with van der Waals surface area (Å²) in [6.45, 7) is 0.120. The first kappa shape index (κ1) is 12.8. The second-order valence-corrected chi connectivity index (χ2v) is 6.06. The number of allylic oxidation sites excluding steroid dienone is 1. The average Bonchev–Trinajstić information content (AvgIpc) is 2.06. The number of likely N-dealkylation sites (N-methyl/N-ethyl adjacent to an activating group) is 1. The van der Waals surface area contributed by atoms with E-state index >= 15 is 0 Å². The van der Waals surface area contributed by atoms with Gasteiger partial charge in [-0.15, -0.1) is 0 Å². The largest absolute Gasteiger partial charge is 0.375 e. The van der Waals surface area contributed by atoms with Gasteiger partial charge >= 0.3 is 0 Å². The second kappa shape index (κ2) is 4.32. The molecular weight excluding hydrogens is 306 g/mol. The van der Waals surface area contributed by atoms with Crippen molar-refractivity contribution in [3.05, 3.63) is 21.4 Å². The minimum absolute atomic E-state index is 0.103. The van der Waals surface area contributed by atoms with Crippen LogP contribution in [0, 0.1) is 0 Å². The van der Waals surface area contributed by atoms with E-state index < -0.39 is 10.2 Å². The highest BCUT2D eigenvalue weighted by Crippen LogP contribution is 2.28. The molecule has 0 bridgehead atoms. The quantitative estimate of drug-likeness (QED) is 0.765. The van der Waals surface area contributed by atoms with E-state index in [4.69, 9.17) is 16.7 Å². The number of halogens is 2. The molecule has 0 aromatic carbocycles. The summed E-state index contributed by atoms with van der Waals surface area (Å²) in [5.74, 6) is 0. The summed E-state index contributed by atoms with van der Waals surface area (Å²) < 4.78 is 24.1. The van der Waals surface area contributed by atoms with Crippen molar-refractivity contribution in [3.63, 3.8) is 0 Å². The lowest BCUT2D eigenvalue weighted by atomic mass is 10.3. The Balaban J connectivity index is 3.24. The maximum absolute atomic E-state index is 11.2. The number of hydrogen-bond donors (Lipinski definition) is 1. The molecule has 5 nitrogen and oxygen atoms in total. The van der Waals surface area contributed by atoms with Crippen LogP contribution in [0.15, 0.2) is 21.4 Å². The maximum Gasteiger partial charge on any atom is 0.300 e. The third-order valence-corrected chi connectivity index (χ3v) is 3.71. The summed E-state index contributed by atoms with van der Waals surface area (Å²) in [6.07, 6.45) is 1.75. The highest BCUT2D eigenvalue weighted by atomic mass is 79.9. The Kier molecular flexibility index (Phi) is 3.70. The second-order valence-electron chi connectivity index (χ2n) is 3.21. The molecule has 86 valence electrons. The third kappa shape index (κ3) is 2.87. The van der Waals surface area contributed by atoms with Crippen LogP contribution in [0.25, 0.3) is 0 Å². The Morgan fingerprint density at radius 3 is 2.53 bits per heavy atom. The van der Waals surface area contributed by atoms with Crippen LogP contribution in [0.5, 0.6) is 0 Å². The molecule has 8 heteroatoms. The Morgan fingerprint density at radius 1 is 1.60 bits per heavy atom. The zero-order chi connectivity index (χ0) is 11.8. The SMILES string of the molecule is CN(C)C1=C(Cl)N(S(N)(=O)=O)CC(Br)=C1. The van der Waals surface area contributed by atoms with Crippen molar-refractivity contribution in [1.29, 1.82) is 0 Å². The summed E-state index contributed by atoms with van der Waals surface area (Å²) in [7, 11) is -0.298. The summed E-state index contributed by atoms with van der Waals surface area (Å²) in [4.78, 5) is 1.71. The molecule has 0 amide bonds. The molecular formula is C7H11BrClN3O2S. The van der Waals surface area contributed by atoms with Gasteiger partial charge in [0.2, 0.25) is 0 Å². The molecule has 0 fully saturated rings. The first-order valence-electron chi connectivity index (χ1n) is 3.97. The van der Waals surface area contributed by atoms with E-state index in [1.165, 1.54) is 0 Å². The molecule has 0 aliphatic carbocycles. The van der Waals surface area contributed by atoms with Crippen molar-refractivity contribution >= 4 is 37.7 Å². The minimum atomic E-state index is -3.83. The summed E-state index contributed by atoms with van der Waals surface area (Å²) >= 11 is 9.17. The van der Waals surface area contributed by atoms with Crippen molar-refractivity contribution < 1.29 is 8.42 Å². The van der Waals surface area contributed by atoms with Crippen LogP contribution in [0.4, 0.5) is 0 Å². The molecule has 1 heterocycles. The highest BCUT2D eigenvalue weighted by molar-refractivity contribution is 9.11. The first-order valence-corrected chi connectivity index (χ1v) is 6.64. The van der Waals surface area contributed by atoms with Crippen molar-refractivity contribution in [2.45, 2.75) is 0 Å². The molecule has 1 aliphatic heterocycles. The van der Waals surface area contributed by atoms with Gasteiger partial charge in [0.15, 0.2) is 0 Å². The molecule has 0 saturated heterocycles. The molecule has 0 saturated carbocycles. The van der Waals surface area contributed by atoms with Gasteiger partial charge in [0, 0.05) is 18.6 Å². The molecule has 0 aromatic rings. The van der Waals surface area contributed by atoms with Crippen molar-refractivity contribution in [2.75, 3.05) is 20.6 Å². The van der Waals surface area contributed by atoms with Crippen LogP contribution < -0.4 is 5.14 Å². The number of nitrogens with two attached hydrogens (primary N) is 1. The van der Waals surface area contributed by atoms with Crippen LogP contribution in [0.1, 0.15) is 0 Å². The van der Waals surface area contributed by atoms with E-state index in [0.717, 1.165) is 4.31 Å². The molecule has 0 aromatic heterocycles. The Bertz CT molecular complexity index is 430. The lowest BCUT2D eigenvalue weighted by Gasteiger charge is -2.28. The van der Waals surface area contributed by atoms with Gasteiger partial charge in [-0.05, 0) is 6.08 Å². The van der Waals surface area contributed by atoms with E-state index in [2.05, 4.69) is 15.9 Å². The van der Waals surface area contributed by atoms with Crippen molar-refractivity contribution in [1.82, 2.24) is 9.21 Å². The van der Waals surface area contributed by atoms with Crippen LogP contribution in [0.2, 0.25) is 0 Å². The highest BCUT2D eigenvalue weighted by Gasteiger charge is 2.26. The van der Waals surface area contributed by atoms with Crippen LogP contribution in [-0.4, -0.2) is 38.3 Å². The maximum atomic E-state index is 11.2. The normalized spacial score (nSPS) is 17.9. The summed E-state index contributed by atoms with van der Waals surface area (Å²) in [5.41, 5.74) is 0.587. The molecule has 0 unspecified atom stereocenters. The predicted molar refractivity (Wildman–Crippen MR) is 63.4 cm³/mol. The standard InChI is InChI=1S/C7H11BrClN3O2S/c1-11(2)6-3-5(8)4-12(7(6)9)15(10,13)14/h3H,4H2,1-2H3,(H2,10,13,14). The van der Waals surface area contributed by atoms with Gasteiger partial charge < -0.3 is 4.90 Å². The van der Waals surface area contributed by atoms with Crippen LogP contribution >= 0.6 is 27.5 Å². The fraction of sp³-hybridized carbons (Fsp3) is 0.429. The lowest BCUT2D eigenvalue weighted by molar-refractivity contribution is 0.471. The fourth-order valence-electron chi connectivity index (χ4n) is 1.10. The zero-order valence-corrected chi connectivity index (χ0v) is 11.4. The molecule has 1 rings (SSSR count). The monoisotopic (exact) mass is 315 g/mol. The number of rotatable bonds is 2. The van der Waals surface area contributed by atoms with Gasteiger partial charge in [-0.2, -0.15) is 8.42 Å². The van der Waals surface area contributed by atoms with E-state index in [9.17, 15) is 8.42 Å². The van der Waals surface area contributed by atoms with Crippen molar-refractivity contribution in [2.24, 2.45) is 5.14 Å². The smallest absolute Gasteiger partial charge is 0.300 e. The van der Waals surface area contributed by atoms with Gasteiger partial charge in [-0.1, -0.05) is 27.5 Å². The van der Waals surface area contributed by atoms with Gasteiger partial charge in [0.25, 0.3) is 10.2 Å². The van der Waals surface area contributed by atoms with Gasteiger partial charge in [0.1, 0.15) is 5.16 Å². The number of hydrogen-bond acceptors (Lipinski definition) is 3. The van der Waals surface area contributed by atoms with Crippen LogP contribution in [-0.2, 0) is 10.2 Å². The Hall–Kier alpha value is -0.240. The van der Waals surface area contributed by atoms with Gasteiger partial charge in [-0.25, -0.2) is 9.44 Å². The van der Waals surface area contributed by atoms with Crippen LogP contribution in [0.3, 0.4) is 0 Å². The molecule has 0 spiro atoms. The Labute approximate surface area is 102 Å². The average molecular weight is 317 g/mol. The Morgan fingerprint density at radius 2 is 2.13 bits per heavy atom. The predicted octanol–water partition coefficient (Wildman–Crippen LogP) is 0.754. The van der Waals surface area contributed by atoms with E-state index in [1.807, 2.05) is 0 Å². The van der Waals surface area contributed by atoms with Gasteiger partial charge in [-0.3, -0.25) is 0 Å². The summed E-state index contributed by atoms with van der Waals surface area (Å²) in [5, 5.41) is 5.14. The lowest BCUT2D eigenvalue weighted by Crippen LogP contribution is -2.38. The molecule has 15 heavy (non-hydrogen) atoms. The topological polar surface area (TPSA) is 66.6 Å². The number of nitrogens with zero attached hydrogens (tertiary/aromatic N) is 2. The molecule has 0 radical (unpaired) electrons. The third-order valence-electron chi connectivity index (χ3n) is 1.81. The zero-order valence-electron chi connectivity index (χ0n) is 8.24. The first-order chi connectivity index (χ1) is 6.73. The molecule has 2 N–H and O–H groups in total. The van der Waals surface area contributed by atoms with Gasteiger partial charge in [0.05, 0.1) is 12.2 Å². The van der Waals surface area contributed by atoms with E-state index in [1.54, 1.807) is 25.1 Å². The van der Waals surface area contributed by atoms with E-state index in [0.29, 0.717) is 10.2 Å². The molecule has 1 aliphatic rings. The van der Waals surface area contributed by atoms with Crippen molar-refractivity contribution in [3.8, 4) is 0 Å². The molecule has 0 atom stereocenters. The fourth-order valence-corrected chi connectivity index (χ4v) is 2.94.